The molecule has 2 heterocycles. The van der Waals surface area contributed by atoms with Crippen molar-refractivity contribution in [1.82, 2.24) is 9.97 Å². The number of anilines is 1. The molecule has 1 aliphatic carbocycles. The number of pyridine rings is 1. The van der Waals surface area contributed by atoms with Gasteiger partial charge in [0.15, 0.2) is 0 Å². The average molecular weight is 344 g/mol. The molecule has 7 heteroatoms. The van der Waals surface area contributed by atoms with Crippen LogP contribution in [0.2, 0.25) is 5.02 Å². The lowest BCUT2D eigenvalue weighted by molar-refractivity contribution is -0.0361. The monoisotopic (exact) mass is 343 g/mol. The van der Waals surface area contributed by atoms with E-state index in [4.69, 9.17) is 11.6 Å². The molecule has 0 atom stereocenters. The molecule has 0 unspecified atom stereocenters. The summed E-state index contributed by atoms with van der Waals surface area (Å²) in [7, 11) is 0. The fourth-order valence-electron chi connectivity index (χ4n) is 2.55. The summed E-state index contributed by atoms with van der Waals surface area (Å²) in [6, 6.07) is 3.50. The van der Waals surface area contributed by atoms with Crippen molar-refractivity contribution in [2.75, 3.05) is 5.32 Å². The molecule has 1 fully saturated rings. The summed E-state index contributed by atoms with van der Waals surface area (Å²) in [5.41, 5.74) is 1.64. The first-order valence-corrected chi connectivity index (χ1v) is 8.41. The number of thiazole rings is 1. The summed E-state index contributed by atoms with van der Waals surface area (Å²) in [4.78, 5) is 8.91. The van der Waals surface area contributed by atoms with E-state index in [1.807, 2.05) is 12.3 Å². The highest BCUT2D eigenvalue weighted by molar-refractivity contribution is 7.13. The Hall–Kier alpha value is -1.27. The van der Waals surface area contributed by atoms with E-state index in [-0.39, 0.29) is 18.9 Å². The summed E-state index contributed by atoms with van der Waals surface area (Å²) in [6.45, 7) is 1.92. The van der Waals surface area contributed by atoms with Crippen LogP contribution in [-0.2, 0) is 0 Å². The molecule has 0 radical (unpaired) electrons. The third-order valence-corrected chi connectivity index (χ3v) is 4.90. The summed E-state index contributed by atoms with van der Waals surface area (Å²) < 4.78 is 26.4. The molecule has 0 saturated heterocycles. The van der Waals surface area contributed by atoms with Crippen molar-refractivity contribution in [2.45, 2.75) is 44.6 Å². The van der Waals surface area contributed by atoms with Crippen molar-refractivity contribution in [3.8, 4) is 10.7 Å². The largest absolute Gasteiger partial charge is 0.367 e. The van der Waals surface area contributed by atoms with Gasteiger partial charge in [-0.05, 0) is 31.9 Å². The van der Waals surface area contributed by atoms with Gasteiger partial charge in [0.2, 0.25) is 5.92 Å². The van der Waals surface area contributed by atoms with Crippen molar-refractivity contribution in [1.29, 1.82) is 0 Å². The Labute approximate surface area is 136 Å². The molecule has 0 aliphatic heterocycles. The Morgan fingerprint density at radius 3 is 2.64 bits per heavy atom. The number of alkyl halides is 2. The number of halogens is 3. The lowest BCUT2D eigenvalue weighted by Crippen LogP contribution is -2.32. The van der Waals surface area contributed by atoms with Crippen LogP contribution < -0.4 is 5.32 Å². The summed E-state index contributed by atoms with van der Waals surface area (Å²) in [5.74, 6) is -1.91. The minimum absolute atomic E-state index is 0.0106. The van der Waals surface area contributed by atoms with E-state index in [0.717, 1.165) is 10.7 Å². The number of nitrogens with one attached hydrogen (secondary N) is 1. The topological polar surface area (TPSA) is 37.8 Å². The molecule has 1 saturated carbocycles. The number of hydrogen-bond donors (Lipinski definition) is 1. The second kappa shape index (κ2) is 6.08. The Morgan fingerprint density at radius 2 is 2.00 bits per heavy atom. The van der Waals surface area contributed by atoms with Gasteiger partial charge in [-0.3, -0.25) is 0 Å². The summed E-state index contributed by atoms with van der Waals surface area (Å²) >= 11 is 7.65. The zero-order chi connectivity index (χ0) is 15.7. The Bertz CT molecular complexity index is 665. The van der Waals surface area contributed by atoms with Crippen LogP contribution in [0.25, 0.3) is 10.7 Å². The van der Waals surface area contributed by atoms with Gasteiger partial charge in [0, 0.05) is 35.0 Å². The first-order chi connectivity index (χ1) is 10.4. The van der Waals surface area contributed by atoms with Crippen molar-refractivity contribution in [2.24, 2.45) is 0 Å². The molecule has 2 aromatic rings. The van der Waals surface area contributed by atoms with Gasteiger partial charge in [-0.25, -0.2) is 18.7 Å². The highest BCUT2D eigenvalue weighted by Crippen LogP contribution is 2.34. The second-order valence-corrected chi connectivity index (χ2v) is 6.92. The predicted molar refractivity (Wildman–Crippen MR) is 85.9 cm³/mol. The molecule has 22 heavy (non-hydrogen) atoms. The SMILES string of the molecule is Cc1csc(-c2cc(Cl)cc(NC3CCC(F)(F)CC3)n2)n1. The Morgan fingerprint density at radius 1 is 1.27 bits per heavy atom. The predicted octanol–water partition coefficient (Wildman–Crippen LogP) is 5.16. The van der Waals surface area contributed by atoms with E-state index in [0.29, 0.717) is 29.4 Å². The molecular formula is C15H16ClF2N3S. The highest BCUT2D eigenvalue weighted by Gasteiger charge is 2.34. The minimum Gasteiger partial charge on any atom is -0.367 e. The van der Waals surface area contributed by atoms with Crippen LogP contribution in [0.5, 0.6) is 0 Å². The highest BCUT2D eigenvalue weighted by atomic mass is 35.5. The van der Waals surface area contributed by atoms with Crippen LogP contribution in [-0.4, -0.2) is 21.9 Å². The quantitative estimate of drug-likeness (QED) is 0.836. The standard InChI is InChI=1S/C15H16ClF2N3S/c1-9-8-22-14(19-9)12-6-10(16)7-13(21-12)20-11-2-4-15(17,18)5-3-11/h6-8,11H,2-5H2,1H3,(H,20,21). The van der Waals surface area contributed by atoms with Gasteiger partial charge in [0.25, 0.3) is 0 Å². The number of aryl methyl sites for hydroxylation is 1. The summed E-state index contributed by atoms with van der Waals surface area (Å²) in [5, 5.41) is 6.54. The van der Waals surface area contributed by atoms with Gasteiger partial charge in [-0.2, -0.15) is 0 Å². The van der Waals surface area contributed by atoms with E-state index < -0.39 is 5.92 Å². The molecule has 0 aromatic carbocycles. The normalized spacial score (nSPS) is 18.4. The molecule has 0 bridgehead atoms. The Kier molecular flexibility index (Phi) is 4.32. The van der Waals surface area contributed by atoms with Crippen LogP contribution in [0.4, 0.5) is 14.6 Å². The molecule has 2 aromatic heterocycles. The van der Waals surface area contributed by atoms with Gasteiger partial charge >= 0.3 is 0 Å². The maximum Gasteiger partial charge on any atom is 0.248 e. The number of aromatic nitrogens is 2. The van der Waals surface area contributed by atoms with E-state index >= 15 is 0 Å². The molecule has 0 spiro atoms. The van der Waals surface area contributed by atoms with Crippen LogP contribution in [0.3, 0.4) is 0 Å². The lowest BCUT2D eigenvalue weighted by atomic mass is 9.92. The van der Waals surface area contributed by atoms with Crippen molar-refractivity contribution < 1.29 is 8.78 Å². The second-order valence-electron chi connectivity index (χ2n) is 5.62. The molecule has 1 N–H and O–H groups in total. The zero-order valence-corrected chi connectivity index (χ0v) is 13.6. The fourth-order valence-corrected chi connectivity index (χ4v) is 3.51. The minimum atomic E-state index is -2.52. The van der Waals surface area contributed by atoms with Gasteiger partial charge < -0.3 is 5.32 Å². The van der Waals surface area contributed by atoms with Crippen molar-refractivity contribution in [3.05, 3.63) is 28.2 Å². The summed E-state index contributed by atoms with van der Waals surface area (Å²) in [6.07, 6.45) is 0.716. The van der Waals surface area contributed by atoms with E-state index in [9.17, 15) is 8.78 Å². The molecule has 0 amide bonds. The van der Waals surface area contributed by atoms with E-state index in [1.54, 1.807) is 12.1 Å². The van der Waals surface area contributed by atoms with Crippen LogP contribution in [0.15, 0.2) is 17.5 Å². The van der Waals surface area contributed by atoms with Gasteiger partial charge in [0.1, 0.15) is 16.5 Å². The molecule has 3 rings (SSSR count). The first kappa shape index (κ1) is 15.6. The zero-order valence-electron chi connectivity index (χ0n) is 12.1. The van der Waals surface area contributed by atoms with Gasteiger partial charge in [0.05, 0.1) is 0 Å². The van der Waals surface area contributed by atoms with Gasteiger partial charge in [-0.15, -0.1) is 11.3 Å². The van der Waals surface area contributed by atoms with Crippen LogP contribution in [0.1, 0.15) is 31.4 Å². The third-order valence-electron chi connectivity index (χ3n) is 3.70. The van der Waals surface area contributed by atoms with Gasteiger partial charge in [-0.1, -0.05) is 11.6 Å². The molecule has 3 nitrogen and oxygen atoms in total. The smallest absolute Gasteiger partial charge is 0.248 e. The lowest BCUT2D eigenvalue weighted by Gasteiger charge is -2.29. The van der Waals surface area contributed by atoms with Crippen molar-refractivity contribution in [3.63, 3.8) is 0 Å². The van der Waals surface area contributed by atoms with E-state index in [2.05, 4.69) is 15.3 Å². The van der Waals surface area contributed by atoms with Crippen molar-refractivity contribution >= 4 is 28.8 Å². The van der Waals surface area contributed by atoms with Crippen LogP contribution >= 0.6 is 22.9 Å². The maximum absolute atomic E-state index is 13.2. The third kappa shape index (κ3) is 3.73. The molecule has 118 valence electrons. The van der Waals surface area contributed by atoms with E-state index in [1.165, 1.54) is 11.3 Å². The van der Waals surface area contributed by atoms with Crippen LogP contribution in [0, 0.1) is 6.92 Å². The molecule has 1 aliphatic rings. The number of hydrogen-bond acceptors (Lipinski definition) is 4. The first-order valence-electron chi connectivity index (χ1n) is 7.16. The number of rotatable bonds is 3. The maximum atomic E-state index is 13.2. The average Bonchev–Trinajstić information content (AvgIpc) is 2.87. The fraction of sp³-hybridized carbons (Fsp3) is 0.467. The Balaban J connectivity index is 1.76. The number of nitrogens with zero attached hydrogens (tertiary/aromatic N) is 2. The molecular weight excluding hydrogens is 328 g/mol.